The van der Waals surface area contributed by atoms with E-state index < -0.39 is 5.97 Å². The summed E-state index contributed by atoms with van der Waals surface area (Å²) in [6.07, 6.45) is 2.34. The van der Waals surface area contributed by atoms with Gasteiger partial charge in [-0.05, 0) is 37.5 Å². The lowest BCUT2D eigenvalue weighted by molar-refractivity contribution is -0.139. The number of rotatable bonds is 5. The van der Waals surface area contributed by atoms with Crippen LogP contribution in [0, 0.1) is 0 Å². The van der Waals surface area contributed by atoms with Gasteiger partial charge in [-0.25, -0.2) is 0 Å². The second kappa shape index (κ2) is 8.17. The molecule has 1 atom stereocenters. The molecule has 2 saturated heterocycles. The molecule has 3 N–H and O–H groups in total. The number of nitrogens with zero attached hydrogens (tertiary/aromatic N) is 3. The fourth-order valence-electron chi connectivity index (χ4n) is 4.22. The van der Waals surface area contributed by atoms with E-state index in [1.54, 1.807) is 0 Å². The average molecular weight is 346 g/mol. The molecule has 0 spiro atoms. The summed E-state index contributed by atoms with van der Waals surface area (Å²) in [6.45, 7) is 7.83. The highest BCUT2D eigenvalue weighted by molar-refractivity contribution is 5.69. The van der Waals surface area contributed by atoms with Gasteiger partial charge in [-0.3, -0.25) is 14.6 Å². The van der Waals surface area contributed by atoms with Crippen molar-refractivity contribution in [2.75, 3.05) is 44.2 Å². The Morgan fingerprint density at radius 2 is 1.84 bits per heavy atom. The van der Waals surface area contributed by atoms with Crippen LogP contribution >= 0.6 is 0 Å². The zero-order valence-electron chi connectivity index (χ0n) is 15.1. The maximum atomic E-state index is 10.9. The lowest BCUT2D eigenvalue weighted by Gasteiger charge is -2.46. The second-order valence-corrected chi connectivity index (χ2v) is 7.30. The van der Waals surface area contributed by atoms with Gasteiger partial charge in [0, 0.05) is 57.0 Å². The Morgan fingerprint density at radius 1 is 1.16 bits per heavy atom. The molecule has 2 fully saturated rings. The average Bonchev–Trinajstić information content (AvgIpc) is 2.62. The summed E-state index contributed by atoms with van der Waals surface area (Å²) in [5.41, 5.74) is 8.13. The summed E-state index contributed by atoms with van der Waals surface area (Å²) >= 11 is 0. The molecule has 1 unspecified atom stereocenters. The maximum Gasteiger partial charge on any atom is 0.317 e. The largest absolute Gasteiger partial charge is 0.480 e. The van der Waals surface area contributed by atoms with Gasteiger partial charge in [0.2, 0.25) is 0 Å². The van der Waals surface area contributed by atoms with E-state index in [1.807, 2.05) is 0 Å². The van der Waals surface area contributed by atoms with Crippen LogP contribution in [0.2, 0.25) is 0 Å². The van der Waals surface area contributed by atoms with Crippen LogP contribution in [0.5, 0.6) is 0 Å². The van der Waals surface area contributed by atoms with Crippen LogP contribution < -0.4 is 10.6 Å². The van der Waals surface area contributed by atoms with Gasteiger partial charge in [-0.1, -0.05) is 12.1 Å². The molecular formula is C19H30N4O2. The molecule has 0 aromatic heterocycles. The molecule has 2 heterocycles. The first-order valence-electron chi connectivity index (χ1n) is 9.30. The number of piperidine rings is 1. The summed E-state index contributed by atoms with van der Waals surface area (Å²) in [5.74, 6) is -0.727. The Bertz CT molecular complexity index is 569. The van der Waals surface area contributed by atoms with Crippen LogP contribution in [0.25, 0.3) is 0 Å². The van der Waals surface area contributed by atoms with Crippen molar-refractivity contribution in [2.45, 2.75) is 38.4 Å². The Balaban J connectivity index is 1.51. The van der Waals surface area contributed by atoms with Crippen molar-refractivity contribution in [2.24, 2.45) is 5.73 Å². The lowest BCUT2D eigenvalue weighted by atomic mass is 9.99. The zero-order chi connectivity index (χ0) is 17.8. The number of hydrogen-bond donors (Lipinski definition) is 2. The van der Waals surface area contributed by atoms with Crippen molar-refractivity contribution in [3.63, 3.8) is 0 Å². The van der Waals surface area contributed by atoms with E-state index in [-0.39, 0.29) is 6.54 Å². The Labute approximate surface area is 150 Å². The molecule has 0 bridgehead atoms. The minimum Gasteiger partial charge on any atom is -0.480 e. The predicted molar refractivity (Wildman–Crippen MR) is 99.8 cm³/mol. The normalized spacial score (nSPS) is 23.8. The highest BCUT2D eigenvalue weighted by Crippen LogP contribution is 2.25. The number of benzene rings is 1. The van der Waals surface area contributed by atoms with E-state index in [1.165, 1.54) is 24.1 Å². The van der Waals surface area contributed by atoms with Crippen LogP contribution in [-0.2, 0) is 11.3 Å². The van der Waals surface area contributed by atoms with Gasteiger partial charge in [0.05, 0.1) is 6.54 Å². The van der Waals surface area contributed by atoms with E-state index in [0.29, 0.717) is 18.6 Å². The fraction of sp³-hybridized carbons (Fsp3) is 0.632. The predicted octanol–water partition coefficient (Wildman–Crippen LogP) is 1.20. The van der Waals surface area contributed by atoms with Gasteiger partial charge in [-0.2, -0.15) is 0 Å². The molecule has 0 amide bonds. The molecule has 1 aromatic rings. The van der Waals surface area contributed by atoms with Crippen LogP contribution in [0.15, 0.2) is 24.3 Å². The molecule has 138 valence electrons. The van der Waals surface area contributed by atoms with Crippen molar-refractivity contribution in [3.05, 3.63) is 29.8 Å². The number of piperazine rings is 1. The summed E-state index contributed by atoms with van der Waals surface area (Å²) in [4.78, 5) is 18.0. The zero-order valence-corrected chi connectivity index (χ0v) is 15.1. The smallest absolute Gasteiger partial charge is 0.317 e. The number of hydrogen-bond acceptors (Lipinski definition) is 5. The van der Waals surface area contributed by atoms with Gasteiger partial charge in [0.25, 0.3) is 0 Å². The van der Waals surface area contributed by atoms with E-state index >= 15 is 0 Å². The summed E-state index contributed by atoms with van der Waals surface area (Å²) in [6, 6.07) is 9.62. The van der Waals surface area contributed by atoms with Gasteiger partial charge < -0.3 is 15.7 Å². The molecule has 0 radical (unpaired) electrons. The molecule has 1 aromatic carbocycles. The number of carboxylic acids is 1. The van der Waals surface area contributed by atoms with Crippen molar-refractivity contribution in [1.29, 1.82) is 0 Å². The summed E-state index contributed by atoms with van der Waals surface area (Å²) in [7, 11) is 0. The monoisotopic (exact) mass is 346 g/mol. The van der Waals surface area contributed by atoms with Crippen LogP contribution in [0.3, 0.4) is 0 Å². The van der Waals surface area contributed by atoms with Crippen molar-refractivity contribution in [1.82, 2.24) is 9.80 Å². The third-order valence-electron chi connectivity index (χ3n) is 5.59. The Kier molecular flexibility index (Phi) is 5.93. The van der Waals surface area contributed by atoms with Crippen molar-refractivity contribution < 1.29 is 9.90 Å². The SMILES string of the molecule is CC1CN(CC(=O)O)CCN1C1CCN(c2ccc(CN)cc2)CC1. The van der Waals surface area contributed by atoms with Gasteiger partial charge in [0.15, 0.2) is 0 Å². The Morgan fingerprint density at radius 3 is 2.40 bits per heavy atom. The first-order valence-corrected chi connectivity index (χ1v) is 9.30. The topological polar surface area (TPSA) is 73.0 Å². The molecule has 3 rings (SSSR count). The second-order valence-electron chi connectivity index (χ2n) is 7.30. The lowest BCUT2D eigenvalue weighted by Crippen LogP contribution is -2.58. The molecule has 2 aliphatic rings. The first-order chi connectivity index (χ1) is 12.1. The number of carboxylic acid groups (broad SMARTS) is 1. The fourth-order valence-corrected chi connectivity index (χ4v) is 4.22. The molecule has 0 aliphatic carbocycles. The minimum atomic E-state index is -0.727. The quantitative estimate of drug-likeness (QED) is 0.835. The Hall–Kier alpha value is -1.63. The number of carbonyl (C=O) groups is 1. The highest BCUT2D eigenvalue weighted by atomic mass is 16.4. The number of anilines is 1. The van der Waals surface area contributed by atoms with Gasteiger partial charge in [-0.15, -0.1) is 0 Å². The van der Waals surface area contributed by atoms with Crippen molar-refractivity contribution >= 4 is 11.7 Å². The molecule has 25 heavy (non-hydrogen) atoms. The minimum absolute atomic E-state index is 0.162. The third kappa shape index (κ3) is 4.51. The first kappa shape index (κ1) is 18.2. The molecule has 6 heteroatoms. The summed E-state index contributed by atoms with van der Waals surface area (Å²) in [5, 5.41) is 8.97. The van der Waals surface area contributed by atoms with Gasteiger partial charge >= 0.3 is 5.97 Å². The van der Waals surface area contributed by atoms with Crippen LogP contribution in [0.1, 0.15) is 25.3 Å². The highest BCUT2D eigenvalue weighted by Gasteiger charge is 2.32. The molecule has 6 nitrogen and oxygen atoms in total. The van der Waals surface area contributed by atoms with E-state index in [9.17, 15) is 4.79 Å². The van der Waals surface area contributed by atoms with Crippen LogP contribution in [0.4, 0.5) is 5.69 Å². The van der Waals surface area contributed by atoms with Gasteiger partial charge in [0.1, 0.15) is 0 Å². The molecular weight excluding hydrogens is 316 g/mol. The van der Waals surface area contributed by atoms with E-state index in [2.05, 4.69) is 45.9 Å². The van der Waals surface area contributed by atoms with Crippen molar-refractivity contribution in [3.8, 4) is 0 Å². The number of nitrogens with two attached hydrogens (primary N) is 1. The van der Waals surface area contributed by atoms with Crippen LogP contribution in [-0.4, -0.2) is 72.2 Å². The maximum absolute atomic E-state index is 10.9. The number of aliphatic carboxylic acids is 1. The van der Waals surface area contributed by atoms with E-state index in [4.69, 9.17) is 10.8 Å². The van der Waals surface area contributed by atoms with E-state index in [0.717, 1.165) is 32.7 Å². The standard InChI is InChI=1S/C19H30N4O2/c1-15-13-21(14-19(24)25)10-11-23(15)18-6-8-22(9-7-18)17-4-2-16(12-20)3-5-17/h2-5,15,18H,6-14,20H2,1H3,(H,24,25). The third-order valence-corrected chi connectivity index (χ3v) is 5.59. The molecule has 2 aliphatic heterocycles. The molecule has 0 saturated carbocycles. The summed E-state index contributed by atoms with van der Waals surface area (Å²) < 4.78 is 0.